The van der Waals surface area contributed by atoms with Crippen LogP contribution in [0.5, 0.6) is 0 Å². The van der Waals surface area contributed by atoms with Crippen molar-refractivity contribution in [1.29, 1.82) is 0 Å². The van der Waals surface area contributed by atoms with E-state index in [1.807, 2.05) is 12.1 Å². The number of nitrogens with zero attached hydrogens (tertiary/aromatic N) is 4. The van der Waals surface area contributed by atoms with E-state index in [1.54, 1.807) is 29.2 Å². The number of hydrogen-bond donors (Lipinski definition) is 0. The third-order valence-electron chi connectivity index (χ3n) is 4.18. The third-order valence-corrected chi connectivity index (χ3v) is 4.68. The molecule has 2 aliphatic rings. The first kappa shape index (κ1) is 15.9. The first-order chi connectivity index (χ1) is 12.1. The highest BCUT2D eigenvalue weighted by atomic mass is 79.9. The number of hydrogen-bond acceptors (Lipinski definition) is 5. The van der Waals surface area contributed by atoms with E-state index in [2.05, 4.69) is 31.1 Å². The maximum Gasteiger partial charge on any atom is 0.260 e. The molecule has 0 radical (unpaired) electrons. The summed E-state index contributed by atoms with van der Waals surface area (Å²) in [6.45, 7) is 1.03. The van der Waals surface area contributed by atoms with Crippen molar-refractivity contribution >= 4 is 34.0 Å². The summed E-state index contributed by atoms with van der Waals surface area (Å²) >= 11 is 3.37. The zero-order valence-corrected chi connectivity index (χ0v) is 14.6. The van der Waals surface area contributed by atoms with Gasteiger partial charge in [0, 0.05) is 29.3 Å². The van der Waals surface area contributed by atoms with Gasteiger partial charge in [-0.25, -0.2) is 4.99 Å². The summed E-state index contributed by atoms with van der Waals surface area (Å²) in [4.78, 5) is 33.9. The predicted octanol–water partition coefficient (Wildman–Crippen LogP) is 2.32. The normalized spacial score (nSPS) is 20.0. The second-order valence-corrected chi connectivity index (χ2v) is 6.80. The number of halogens is 1. The molecule has 2 aliphatic heterocycles. The Kier molecular flexibility index (Phi) is 4.04. The van der Waals surface area contributed by atoms with E-state index < -0.39 is 5.92 Å². The van der Waals surface area contributed by atoms with Gasteiger partial charge in [-0.05, 0) is 24.3 Å². The number of amides is 2. The van der Waals surface area contributed by atoms with Gasteiger partial charge in [-0.3, -0.25) is 9.59 Å². The summed E-state index contributed by atoms with van der Waals surface area (Å²) in [5, 5.41) is 3.89. The van der Waals surface area contributed by atoms with Crippen molar-refractivity contribution in [1.82, 2.24) is 15.0 Å². The molecule has 2 aromatic rings. The van der Waals surface area contributed by atoms with Crippen LogP contribution in [0.3, 0.4) is 0 Å². The molecule has 0 N–H and O–H groups in total. The molecule has 1 aromatic heterocycles. The molecule has 0 aliphatic carbocycles. The molecule has 1 aromatic carbocycles. The lowest BCUT2D eigenvalue weighted by atomic mass is 9.98. The molecule has 1 saturated heterocycles. The Morgan fingerprint density at radius 2 is 2.16 bits per heavy atom. The molecule has 126 valence electrons. The van der Waals surface area contributed by atoms with Crippen LogP contribution in [0.2, 0.25) is 0 Å². The highest BCUT2D eigenvalue weighted by Gasteiger charge is 2.37. The average Bonchev–Trinajstić information content (AvgIpc) is 3.03. The van der Waals surface area contributed by atoms with Gasteiger partial charge in [-0.15, -0.1) is 0 Å². The van der Waals surface area contributed by atoms with Crippen molar-refractivity contribution in [3.05, 3.63) is 58.2 Å². The summed E-state index contributed by atoms with van der Waals surface area (Å²) in [5.41, 5.74) is 0.634. The fourth-order valence-corrected chi connectivity index (χ4v) is 3.18. The van der Waals surface area contributed by atoms with Gasteiger partial charge in [0.1, 0.15) is 5.92 Å². The Balaban J connectivity index is 1.41. The number of carbonyl (C=O) groups is 2. The molecule has 25 heavy (non-hydrogen) atoms. The molecular formula is C17H13BrN4O3. The molecule has 1 unspecified atom stereocenters. The minimum atomic E-state index is -0.595. The Morgan fingerprint density at radius 3 is 2.92 bits per heavy atom. The van der Waals surface area contributed by atoms with E-state index in [-0.39, 0.29) is 17.7 Å². The van der Waals surface area contributed by atoms with Crippen molar-refractivity contribution in [2.24, 2.45) is 4.99 Å². The molecule has 0 saturated carbocycles. The molecule has 8 heteroatoms. The molecule has 0 bridgehead atoms. The van der Waals surface area contributed by atoms with Crippen LogP contribution in [0.15, 0.2) is 50.4 Å². The minimum Gasteiger partial charge on any atom is -0.339 e. The number of carbonyl (C=O) groups excluding carboxylic acids is 2. The average molecular weight is 401 g/mol. The first-order valence-corrected chi connectivity index (χ1v) is 8.54. The predicted molar refractivity (Wildman–Crippen MR) is 92.5 cm³/mol. The summed E-state index contributed by atoms with van der Waals surface area (Å²) < 4.78 is 6.14. The molecule has 3 heterocycles. The van der Waals surface area contributed by atoms with Crippen LogP contribution in [-0.2, 0) is 4.79 Å². The van der Waals surface area contributed by atoms with Gasteiger partial charge in [-0.2, -0.15) is 4.98 Å². The fourth-order valence-electron chi connectivity index (χ4n) is 2.78. The van der Waals surface area contributed by atoms with Crippen LogP contribution in [0.4, 0.5) is 0 Å². The van der Waals surface area contributed by atoms with Gasteiger partial charge < -0.3 is 9.42 Å². The van der Waals surface area contributed by atoms with E-state index in [0.29, 0.717) is 30.4 Å². The minimum absolute atomic E-state index is 0.0106. The molecule has 1 atom stereocenters. The number of likely N-dealkylation sites (tertiary alicyclic amines) is 1. The molecule has 7 nitrogen and oxygen atoms in total. The number of rotatable bonds is 3. The van der Waals surface area contributed by atoms with Gasteiger partial charge >= 0.3 is 0 Å². The largest absolute Gasteiger partial charge is 0.339 e. The molecular weight excluding hydrogens is 388 g/mol. The lowest BCUT2D eigenvalue weighted by Gasteiger charge is -2.37. The lowest BCUT2D eigenvalue weighted by Crippen LogP contribution is -2.48. The van der Waals surface area contributed by atoms with Gasteiger partial charge in [0.2, 0.25) is 5.89 Å². The Hall–Kier alpha value is -2.61. The van der Waals surface area contributed by atoms with Crippen LogP contribution >= 0.6 is 15.9 Å². The van der Waals surface area contributed by atoms with Crippen LogP contribution in [0, 0.1) is 0 Å². The van der Waals surface area contributed by atoms with Crippen molar-refractivity contribution < 1.29 is 14.1 Å². The highest BCUT2D eigenvalue weighted by Crippen LogP contribution is 2.29. The summed E-state index contributed by atoms with van der Waals surface area (Å²) in [6, 6.07) is 7.28. The van der Waals surface area contributed by atoms with Gasteiger partial charge in [0.25, 0.3) is 11.8 Å². The van der Waals surface area contributed by atoms with E-state index >= 15 is 0 Å². The second kappa shape index (κ2) is 6.36. The molecule has 4 rings (SSSR count). The topological polar surface area (TPSA) is 88.7 Å². The van der Waals surface area contributed by atoms with E-state index in [0.717, 1.165) is 4.47 Å². The molecule has 0 spiro atoms. The Morgan fingerprint density at radius 1 is 1.32 bits per heavy atom. The van der Waals surface area contributed by atoms with Crippen LogP contribution in [0.1, 0.15) is 33.9 Å². The van der Waals surface area contributed by atoms with E-state index in [9.17, 15) is 9.59 Å². The number of aromatic nitrogens is 2. The molecule has 2 amide bonds. The zero-order chi connectivity index (χ0) is 17.4. The van der Waals surface area contributed by atoms with Gasteiger partial charge in [-0.1, -0.05) is 33.2 Å². The first-order valence-electron chi connectivity index (χ1n) is 7.75. The van der Waals surface area contributed by atoms with Crippen LogP contribution in [-0.4, -0.2) is 46.2 Å². The van der Waals surface area contributed by atoms with Crippen molar-refractivity contribution in [3.8, 4) is 0 Å². The van der Waals surface area contributed by atoms with Crippen LogP contribution < -0.4 is 0 Å². The van der Waals surface area contributed by atoms with E-state index in [4.69, 9.17) is 4.52 Å². The Labute approximate surface area is 151 Å². The molecule has 1 fully saturated rings. The van der Waals surface area contributed by atoms with Gasteiger partial charge in [0.15, 0.2) is 5.82 Å². The second-order valence-electron chi connectivity index (χ2n) is 5.89. The van der Waals surface area contributed by atoms with Crippen molar-refractivity contribution in [3.63, 3.8) is 0 Å². The Bertz CT molecular complexity index is 899. The summed E-state index contributed by atoms with van der Waals surface area (Å²) in [7, 11) is 0. The zero-order valence-electron chi connectivity index (χ0n) is 13.0. The standard InChI is InChI=1S/C17H13BrN4O3/c18-12-4-1-3-10(7-12)17(24)22-8-11(9-22)16-20-14(21-25-16)13-5-2-6-19-15(13)23/h1-7,11,13H,8-9H2. The van der Waals surface area contributed by atoms with Crippen molar-refractivity contribution in [2.45, 2.75) is 11.8 Å². The highest BCUT2D eigenvalue weighted by molar-refractivity contribution is 9.10. The number of dihydropyridines is 1. The quantitative estimate of drug-likeness (QED) is 0.788. The maximum absolute atomic E-state index is 12.4. The fraction of sp³-hybridized carbons (Fsp3) is 0.235. The van der Waals surface area contributed by atoms with Gasteiger partial charge in [0.05, 0.1) is 5.92 Å². The summed E-state index contributed by atoms with van der Waals surface area (Å²) in [5.74, 6) is -0.189. The lowest BCUT2D eigenvalue weighted by molar-refractivity contribution is -0.118. The number of allylic oxidation sites excluding steroid dienone is 1. The number of aliphatic imine (C=N–C) groups is 1. The van der Waals surface area contributed by atoms with E-state index in [1.165, 1.54) is 6.21 Å². The SMILES string of the molecule is O=C1N=CC=CC1c1noc(C2CN(C(=O)c3cccc(Br)c3)C2)n1. The smallest absolute Gasteiger partial charge is 0.260 e. The monoisotopic (exact) mass is 400 g/mol. The number of benzene rings is 1. The summed E-state index contributed by atoms with van der Waals surface area (Å²) in [6.07, 6.45) is 4.81. The maximum atomic E-state index is 12.4. The van der Waals surface area contributed by atoms with Crippen molar-refractivity contribution in [2.75, 3.05) is 13.1 Å². The van der Waals surface area contributed by atoms with Crippen LogP contribution in [0.25, 0.3) is 0 Å². The third kappa shape index (κ3) is 3.05.